The van der Waals surface area contributed by atoms with E-state index in [0.717, 1.165) is 26.0 Å². The molecule has 104 valence electrons. The zero-order valence-electron chi connectivity index (χ0n) is 10.9. The highest BCUT2D eigenvalue weighted by Crippen LogP contribution is 2.25. The van der Waals surface area contributed by atoms with Crippen molar-refractivity contribution >= 4 is 17.3 Å². The molecule has 1 aromatic heterocycles. The van der Waals surface area contributed by atoms with Crippen LogP contribution in [0, 0.1) is 10.1 Å². The summed E-state index contributed by atoms with van der Waals surface area (Å²) in [7, 11) is 0. The molecule has 0 saturated carbocycles. The fourth-order valence-electron chi connectivity index (χ4n) is 2.03. The number of hydrogen-bond donors (Lipinski definition) is 2. The second-order valence-corrected chi connectivity index (χ2v) is 4.41. The summed E-state index contributed by atoms with van der Waals surface area (Å²) in [6.07, 6.45) is 1.89. The van der Waals surface area contributed by atoms with Crippen LogP contribution in [-0.2, 0) is 4.74 Å². The number of pyridine rings is 1. The molecule has 0 amide bonds. The van der Waals surface area contributed by atoms with Gasteiger partial charge in [0.2, 0.25) is 5.82 Å². The molecular weight excluding hydrogens is 248 g/mol. The quantitative estimate of drug-likeness (QED) is 0.626. The smallest absolute Gasteiger partial charge is 0.311 e. The van der Waals surface area contributed by atoms with Crippen LogP contribution in [0.5, 0.6) is 0 Å². The Kier molecular flexibility index (Phi) is 4.51. The zero-order valence-corrected chi connectivity index (χ0v) is 10.9. The summed E-state index contributed by atoms with van der Waals surface area (Å²) >= 11 is 0. The van der Waals surface area contributed by atoms with Gasteiger partial charge >= 0.3 is 5.69 Å². The maximum atomic E-state index is 11.0. The third kappa shape index (κ3) is 3.54. The largest absolute Gasteiger partial charge is 0.379 e. The van der Waals surface area contributed by atoms with E-state index in [4.69, 9.17) is 4.74 Å². The highest BCUT2D eigenvalue weighted by molar-refractivity contribution is 5.60. The predicted octanol–water partition coefficient (Wildman–Crippen LogP) is 2.01. The molecule has 1 fully saturated rings. The van der Waals surface area contributed by atoms with Gasteiger partial charge in [-0.05, 0) is 25.8 Å². The molecule has 0 bridgehead atoms. The first-order chi connectivity index (χ1) is 9.20. The lowest BCUT2D eigenvalue weighted by molar-refractivity contribution is -0.384. The van der Waals surface area contributed by atoms with Crippen LogP contribution in [-0.4, -0.2) is 35.7 Å². The normalized spacial score (nSPS) is 18.9. The Morgan fingerprint density at radius 3 is 3.05 bits per heavy atom. The van der Waals surface area contributed by atoms with Crippen molar-refractivity contribution in [3.05, 3.63) is 22.2 Å². The highest BCUT2D eigenvalue weighted by atomic mass is 16.6. The molecule has 1 aliphatic rings. The Morgan fingerprint density at radius 2 is 2.42 bits per heavy atom. The van der Waals surface area contributed by atoms with Gasteiger partial charge in [-0.25, -0.2) is 4.98 Å². The first-order valence-electron chi connectivity index (χ1n) is 6.44. The van der Waals surface area contributed by atoms with Gasteiger partial charge in [0.25, 0.3) is 0 Å². The van der Waals surface area contributed by atoms with Crippen LogP contribution >= 0.6 is 0 Å². The van der Waals surface area contributed by atoms with Crippen molar-refractivity contribution in [3.63, 3.8) is 0 Å². The van der Waals surface area contributed by atoms with Gasteiger partial charge in [0.15, 0.2) is 0 Å². The lowest BCUT2D eigenvalue weighted by Gasteiger charge is -2.23. The van der Waals surface area contributed by atoms with Gasteiger partial charge in [0, 0.05) is 19.2 Å². The number of nitrogens with one attached hydrogen (secondary N) is 2. The Hall–Kier alpha value is -1.89. The maximum Gasteiger partial charge on any atom is 0.311 e. The van der Waals surface area contributed by atoms with Crippen molar-refractivity contribution in [1.29, 1.82) is 0 Å². The number of ether oxygens (including phenoxy) is 1. The first kappa shape index (κ1) is 13.5. The molecule has 7 nitrogen and oxygen atoms in total. The molecule has 7 heteroatoms. The fraction of sp³-hybridized carbons (Fsp3) is 0.583. The summed E-state index contributed by atoms with van der Waals surface area (Å²) in [6, 6.07) is 3.16. The van der Waals surface area contributed by atoms with E-state index in [1.54, 1.807) is 6.07 Å². The number of hydrogen-bond acceptors (Lipinski definition) is 6. The van der Waals surface area contributed by atoms with E-state index < -0.39 is 4.92 Å². The van der Waals surface area contributed by atoms with Crippen LogP contribution in [0.3, 0.4) is 0 Å². The molecule has 0 radical (unpaired) electrons. The van der Waals surface area contributed by atoms with E-state index in [2.05, 4.69) is 15.6 Å². The van der Waals surface area contributed by atoms with Gasteiger partial charge < -0.3 is 15.4 Å². The summed E-state index contributed by atoms with van der Waals surface area (Å²) in [5.41, 5.74) is -0.00720. The average Bonchev–Trinajstić information content (AvgIpc) is 2.40. The minimum absolute atomic E-state index is 0.00720. The van der Waals surface area contributed by atoms with Crippen LogP contribution in [0.2, 0.25) is 0 Å². The van der Waals surface area contributed by atoms with Crippen LogP contribution in [0.4, 0.5) is 17.3 Å². The number of aromatic nitrogens is 1. The van der Waals surface area contributed by atoms with E-state index in [-0.39, 0.29) is 11.7 Å². The van der Waals surface area contributed by atoms with E-state index in [1.165, 1.54) is 6.07 Å². The molecule has 2 rings (SSSR count). The zero-order chi connectivity index (χ0) is 13.7. The van der Waals surface area contributed by atoms with Crippen LogP contribution in [0.1, 0.15) is 19.8 Å². The van der Waals surface area contributed by atoms with Gasteiger partial charge in [-0.3, -0.25) is 10.1 Å². The summed E-state index contributed by atoms with van der Waals surface area (Å²) < 4.78 is 5.36. The molecule has 0 spiro atoms. The third-order valence-electron chi connectivity index (χ3n) is 2.93. The van der Waals surface area contributed by atoms with Crippen molar-refractivity contribution < 1.29 is 9.66 Å². The van der Waals surface area contributed by atoms with E-state index >= 15 is 0 Å². The van der Waals surface area contributed by atoms with Gasteiger partial charge in [0.1, 0.15) is 5.82 Å². The number of nitro groups is 1. The number of rotatable bonds is 5. The molecule has 0 aliphatic carbocycles. The van der Waals surface area contributed by atoms with Crippen molar-refractivity contribution in [2.24, 2.45) is 0 Å². The summed E-state index contributed by atoms with van der Waals surface area (Å²) in [6.45, 7) is 3.98. The molecule has 2 heterocycles. The fourth-order valence-corrected chi connectivity index (χ4v) is 2.03. The Balaban J connectivity index is 2.18. The third-order valence-corrected chi connectivity index (χ3v) is 2.93. The minimum atomic E-state index is -0.422. The highest BCUT2D eigenvalue weighted by Gasteiger charge is 2.21. The molecule has 0 aromatic carbocycles. The summed E-state index contributed by atoms with van der Waals surface area (Å²) in [4.78, 5) is 14.8. The molecular formula is C12H18N4O3. The second kappa shape index (κ2) is 6.33. The second-order valence-electron chi connectivity index (χ2n) is 4.41. The molecule has 1 atom stereocenters. The van der Waals surface area contributed by atoms with Crippen molar-refractivity contribution in [2.45, 2.75) is 25.8 Å². The van der Waals surface area contributed by atoms with Crippen molar-refractivity contribution in [1.82, 2.24) is 4.98 Å². The van der Waals surface area contributed by atoms with Gasteiger partial charge in [-0.2, -0.15) is 0 Å². The van der Waals surface area contributed by atoms with Gasteiger partial charge in [-0.1, -0.05) is 0 Å². The van der Waals surface area contributed by atoms with E-state index in [0.29, 0.717) is 18.2 Å². The van der Waals surface area contributed by atoms with Crippen LogP contribution < -0.4 is 10.6 Å². The molecule has 1 aromatic rings. The maximum absolute atomic E-state index is 11.0. The number of anilines is 2. The van der Waals surface area contributed by atoms with Crippen LogP contribution in [0.25, 0.3) is 0 Å². The monoisotopic (exact) mass is 266 g/mol. The average molecular weight is 266 g/mol. The number of nitrogens with zero attached hydrogens (tertiary/aromatic N) is 2. The Bertz CT molecular complexity index is 447. The van der Waals surface area contributed by atoms with Crippen molar-refractivity contribution in [3.8, 4) is 0 Å². The summed E-state index contributed by atoms with van der Waals surface area (Å²) in [5, 5.41) is 17.2. The lowest BCUT2D eigenvalue weighted by atomic mass is 10.1. The molecule has 1 aliphatic heterocycles. The van der Waals surface area contributed by atoms with E-state index in [1.807, 2.05) is 6.92 Å². The lowest BCUT2D eigenvalue weighted by Crippen LogP contribution is -2.30. The van der Waals surface area contributed by atoms with Gasteiger partial charge in [0.05, 0.1) is 17.6 Å². The predicted molar refractivity (Wildman–Crippen MR) is 72.5 cm³/mol. The topological polar surface area (TPSA) is 89.3 Å². The minimum Gasteiger partial charge on any atom is -0.379 e. The standard InChI is InChI=1S/C12H18N4O3/c1-2-13-11-6-5-10(16(17)18)12(15-11)14-9-4-3-7-19-8-9/h5-6,9H,2-4,7-8H2,1H3,(H2,13,14,15). The SMILES string of the molecule is CCNc1ccc([N+](=O)[O-])c(NC2CCCOC2)n1. The van der Waals surface area contributed by atoms with Crippen LogP contribution in [0.15, 0.2) is 12.1 Å². The Labute approximate surface area is 111 Å². The molecule has 19 heavy (non-hydrogen) atoms. The summed E-state index contributed by atoms with van der Waals surface area (Å²) in [5.74, 6) is 0.936. The van der Waals surface area contributed by atoms with Crippen molar-refractivity contribution in [2.75, 3.05) is 30.4 Å². The molecule has 1 saturated heterocycles. The molecule has 1 unspecified atom stereocenters. The first-order valence-corrected chi connectivity index (χ1v) is 6.44. The van der Waals surface area contributed by atoms with Gasteiger partial charge in [-0.15, -0.1) is 0 Å². The Morgan fingerprint density at radius 1 is 1.58 bits per heavy atom. The van der Waals surface area contributed by atoms with E-state index in [9.17, 15) is 10.1 Å². The molecule has 2 N–H and O–H groups in total.